The van der Waals surface area contributed by atoms with E-state index >= 15 is 0 Å². The molecule has 2 amide bonds. The lowest BCUT2D eigenvalue weighted by Crippen LogP contribution is -2.31. The fraction of sp³-hybridized carbons (Fsp3) is 0.222. The third kappa shape index (κ3) is 5.30. The zero-order valence-corrected chi connectivity index (χ0v) is 19.6. The summed E-state index contributed by atoms with van der Waals surface area (Å²) in [5, 5.41) is 12.7. The Labute approximate surface area is 207 Å². The van der Waals surface area contributed by atoms with Gasteiger partial charge in [-0.3, -0.25) is 4.79 Å². The van der Waals surface area contributed by atoms with E-state index in [-0.39, 0.29) is 29.5 Å². The Bertz CT molecular complexity index is 1280. The largest absolute Gasteiger partial charge is 0.505 e. The molecule has 3 aromatic rings. The first-order valence-electron chi connectivity index (χ1n) is 11.4. The van der Waals surface area contributed by atoms with Crippen molar-refractivity contribution in [3.63, 3.8) is 0 Å². The van der Waals surface area contributed by atoms with E-state index in [1.54, 1.807) is 11.0 Å². The Balaban J connectivity index is 1.46. The standard InChI is InChI=1S/C27H25FN2O6/c1-35-26(33)20-9-5-10-22(24(20)31)29-25(32)19-13-12-18(15-21(19)28)23-11-6-14-30(23)27(34)36-16-17-7-3-2-4-8-17/h2-5,7-10,12-13,15,23,31H,6,11,14,16H2,1H3,(H,29,32). The number of hydrogen-bond acceptors (Lipinski definition) is 6. The Morgan fingerprint density at radius 1 is 1.06 bits per heavy atom. The van der Waals surface area contributed by atoms with Crippen LogP contribution < -0.4 is 5.32 Å². The predicted octanol–water partition coefficient (Wildman–Crippen LogP) is 5.04. The number of likely N-dealkylation sites (tertiary alicyclic amines) is 1. The number of halogens is 1. The van der Waals surface area contributed by atoms with E-state index in [1.807, 2.05) is 30.3 Å². The molecule has 0 aliphatic carbocycles. The number of hydrogen-bond donors (Lipinski definition) is 2. The average Bonchev–Trinajstić information content (AvgIpc) is 3.39. The smallest absolute Gasteiger partial charge is 0.410 e. The van der Waals surface area contributed by atoms with Crippen LogP contribution in [0.2, 0.25) is 0 Å². The molecule has 0 aromatic heterocycles. The Hall–Kier alpha value is -4.40. The molecule has 1 heterocycles. The lowest BCUT2D eigenvalue weighted by Gasteiger charge is -2.24. The van der Waals surface area contributed by atoms with Crippen LogP contribution in [0.3, 0.4) is 0 Å². The molecule has 1 saturated heterocycles. The van der Waals surface area contributed by atoms with Gasteiger partial charge in [0.25, 0.3) is 5.91 Å². The maximum atomic E-state index is 15.0. The van der Waals surface area contributed by atoms with Crippen molar-refractivity contribution < 1.29 is 33.4 Å². The summed E-state index contributed by atoms with van der Waals surface area (Å²) in [6, 6.07) is 17.3. The number of nitrogens with one attached hydrogen (secondary N) is 1. The van der Waals surface area contributed by atoms with Gasteiger partial charge in [-0.15, -0.1) is 0 Å². The van der Waals surface area contributed by atoms with Gasteiger partial charge in [0, 0.05) is 6.54 Å². The zero-order valence-electron chi connectivity index (χ0n) is 19.6. The van der Waals surface area contributed by atoms with Gasteiger partial charge in [-0.05, 0) is 48.2 Å². The molecule has 4 rings (SSSR count). The molecule has 8 nitrogen and oxygen atoms in total. The number of esters is 1. The van der Waals surface area contributed by atoms with Crippen LogP contribution in [0, 0.1) is 5.82 Å². The second kappa shape index (κ2) is 10.9. The third-order valence-corrected chi connectivity index (χ3v) is 6.00. The summed E-state index contributed by atoms with van der Waals surface area (Å²) in [5.74, 6) is -2.84. The van der Waals surface area contributed by atoms with Crippen LogP contribution >= 0.6 is 0 Å². The van der Waals surface area contributed by atoms with Crippen molar-refractivity contribution in [2.75, 3.05) is 19.0 Å². The normalized spacial score (nSPS) is 14.8. The van der Waals surface area contributed by atoms with Gasteiger partial charge in [-0.25, -0.2) is 14.0 Å². The highest BCUT2D eigenvalue weighted by Crippen LogP contribution is 2.34. The quantitative estimate of drug-likeness (QED) is 0.369. The predicted molar refractivity (Wildman–Crippen MR) is 129 cm³/mol. The SMILES string of the molecule is COC(=O)c1cccc(NC(=O)c2ccc(C3CCCN3C(=O)OCc3ccccc3)cc2F)c1O. The Morgan fingerprint density at radius 2 is 1.83 bits per heavy atom. The number of carbonyl (C=O) groups is 3. The fourth-order valence-corrected chi connectivity index (χ4v) is 4.17. The number of anilines is 1. The van der Waals surface area contributed by atoms with Crippen LogP contribution in [0.1, 0.15) is 50.7 Å². The molecule has 3 aromatic carbocycles. The molecule has 1 aliphatic heterocycles. The van der Waals surface area contributed by atoms with Crippen molar-refractivity contribution >= 4 is 23.7 Å². The third-order valence-electron chi connectivity index (χ3n) is 6.00. The van der Waals surface area contributed by atoms with Gasteiger partial charge in [0.1, 0.15) is 18.0 Å². The maximum absolute atomic E-state index is 15.0. The first-order chi connectivity index (χ1) is 17.4. The van der Waals surface area contributed by atoms with Gasteiger partial charge in [-0.1, -0.05) is 42.5 Å². The second-order valence-corrected chi connectivity index (χ2v) is 8.28. The van der Waals surface area contributed by atoms with Gasteiger partial charge in [-0.2, -0.15) is 0 Å². The molecule has 1 aliphatic rings. The summed E-state index contributed by atoms with van der Waals surface area (Å²) >= 11 is 0. The van der Waals surface area contributed by atoms with E-state index in [0.29, 0.717) is 18.5 Å². The number of para-hydroxylation sites is 1. The van der Waals surface area contributed by atoms with Gasteiger partial charge in [0.2, 0.25) is 0 Å². The number of ether oxygens (including phenoxy) is 2. The molecule has 2 N–H and O–H groups in total. The lowest BCUT2D eigenvalue weighted by atomic mass is 10.0. The first kappa shape index (κ1) is 24.7. The Kier molecular flexibility index (Phi) is 7.48. The molecular weight excluding hydrogens is 467 g/mol. The maximum Gasteiger partial charge on any atom is 0.410 e. The van der Waals surface area contributed by atoms with Crippen LogP contribution in [0.15, 0.2) is 66.7 Å². The van der Waals surface area contributed by atoms with E-state index in [0.717, 1.165) is 12.0 Å². The van der Waals surface area contributed by atoms with Crippen molar-refractivity contribution in [2.24, 2.45) is 0 Å². The number of amides is 2. The minimum Gasteiger partial charge on any atom is -0.505 e. The average molecular weight is 493 g/mol. The number of nitrogens with zero attached hydrogens (tertiary/aromatic N) is 1. The number of phenolic OH excluding ortho intramolecular Hbond substituents is 1. The van der Waals surface area contributed by atoms with Crippen molar-refractivity contribution in [2.45, 2.75) is 25.5 Å². The molecule has 0 spiro atoms. The van der Waals surface area contributed by atoms with Crippen molar-refractivity contribution in [3.05, 3.63) is 94.8 Å². The monoisotopic (exact) mass is 492 g/mol. The summed E-state index contributed by atoms with van der Waals surface area (Å²) in [5.41, 5.74) is 0.971. The molecule has 1 atom stereocenters. The van der Waals surface area contributed by atoms with Crippen molar-refractivity contribution in [1.82, 2.24) is 4.90 Å². The molecule has 0 saturated carbocycles. The second-order valence-electron chi connectivity index (χ2n) is 8.28. The Morgan fingerprint density at radius 3 is 2.56 bits per heavy atom. The minimum atomic E-state index is -0.804. The number of benzene rings is 3. The number of carbonyl (C=O) groups excluding carboxylic acids is 3. The molecule has 0 bridgehead atoms. The van der Waals surface area contributed by atoms with Crippen molar-refractivity contribution in [3.8, 4) is 5.75 Å². The number of aromatic hydroxyl groups is 1. The van der Waals surface area contributed by atoms with E-state index < -0.39 is 29.5 Å². The molecule has 0 radical (unpaired) electrons. The van der Waals surface area contributed by atoms with E-state index in [4.69, 9.17) is 4.74 Å². The van der Waals surface area contributed by atoms with Gasteiger partial charge < -0.3 is 24.8 Å². The number of rotatable bonds is 6. The summed E-state index contributed by atoms with van der Waals surface area (Å²) in [6.45, 7) is 0.623. The van der Waals surface area contributed by atoms with E-state index in [2.05, 4.69) is 10.1 Å². The summed E-state index contributed by atoms with van der Waals surface area (Å²) in [6.07, 6.45) is 0.897. The zero-order chi connectivity index (χ0) is 25.7. The highest BCUT2D eigenvalue weighted by Gasteiger charge is 2.32. The molecule has 1 unspecified atom stereocenters. The first-order valence-corrected chi connectivity index (χ1v) is 11.4. The van der Waals surface area contributed by atoms with Gasteiger partial charge in [0.05, 0.1) is 24.4 Å². The summed E-state index contributed by atoms with van der Waals surface area (Å²) < 4.78 is 25.0. The van der Waals surface area contributed by atoms with Crippen molar-refractivity contribution in [1.29, 1.82) is 0 Å². The number of methoxy groups -OCH3 is 1. The molecule has 9 heteroatoms. The van der Waals surface area contributed by atoms with Crippen LogP contribution in [0.5, 0.6) is 5.75 Å². The highest BCUT2D eigenvalue weighted by atomic mass is 19.1. The molecule has 36 heavy (non-hydrogen) atoms. The lowest BCUT2D eigenvalue weighted by molar-refractivity contribution is 0.0597. The van der Waals surface area contributed by atoms with E-state index in [9.17, 15) is 23.9 Å². The topological polar surface area (TPSA) is 105 Å². The van der Waals surface area contributed by atoms with Crippen LogP contribution in [-0.2, 0) is 16.1 Å². The fourth-order valence-electron chi connectivity index (χ4n) is 4.17. The summed E-state index contributed by atoms with van der Waals surface area (Å²) in [4.78, 5) is 38.7. The van der Waals surface area contributed by atoms with Crippen LogP contribution in [0.4, 0.5) is 14.9 Å². The van der Waals surface area contributed by atoms with Crippen LogP contribution in [-0.4, -0.2) is 41.6 Å². The van der Waals surface area contributed by atoms with Crippen LogP contribution in [0.25, 0.3) is 0 Å². The van der Waals surface area contributed by atoms with Gasteiger partial charge >= 0.3 is 12.1 Å². The van der Waals surface area contributed by atoms with E-state index in [1.165, 1.54) is 37.4 Å². The van der Waals surface area contributed by atoms with Gasteiger partial charge in [0.15, 0.2) is 5.75 Å². The molecule has 1 fully saturated rings. The number of phenols is 1. The highest BCUT2D eigenvalue weighted by molar-refractivity contribution is 6.06. The summed E-state index contributed by atoms with van der Waals surface area (Å²) in [7, 11) is 1.17. The molecular formula is C27H25FN2O6. The minimum absolute atomic E-state index is 0.0606. The molecule has 186 valence electrons.